The zero-order chi connectivity index (χ0) is 22.8. The summed E-state index contributed by atoms with van der Waals surface area (Å²) in [6.45, 7) is 3.06. The molecule has 0 fully saturated rings. The lowest BCUT2D eigenvalue weighted by molar-refractivity contribution is 0.00705. The molecule has 1 aliphatic rings. The molecule has 32 heavy (non-hydrogen) atoms. The maximum atomic E-state index is 11.7. The van der Waals surface area contributed by atoms with Gasteiger partial charge in [0.25, 0.3) is 0 Å². The first-order valence-corrected chi connectivity index (χ1v) is 11.0. The van der Waals surface area contributed by atoms with Crippen LogP contribution in [0.1, 0.15) is 53.8 Å². The van der Waals surface area contributed by atoms with Crippen molar-refractivity contribution < 1.29 is 23.7 Å². The largest absolute Gasteiger partial charge is 0.497 e. The molecule has 5 nitrogen and oxygen atoms in total. The molecule has 0 aromatic heterocycles. The summed E-state index contributed by atoms with van der Waals surface area (Å²) >= 11 is 0. The van der Waals surface area contributed by atoms with Gasteiger partial charge < -0.3 is 18.9 Å². The van der Waals surface area contributed by atoms with Crippen molar-refractivity contribution in [2.45, 2.75) is 45.0 Å². The van der Waals surface area contributed by atoms with Crippen LogP contribution in [0.2, 0.25) is 0 Å². The van der Waals surface area contributed by atoms with E-state index in [4.69, 9.17) is 18.9 Å². The first-order chi connectivity index (χ1) is 15.6. The molecule has 0 amide bonds. The topological polar surface area (TPSA) is 54.0 Å². The van der Waals surface area contributed by atoms with Gasteiger partial charge in [0, 0.05) is 0 Å². The molecule has 0 aliphatic heterocycles. The first kappa shape index (κ1) is 23.8. The minimum atomic E-state index is -0.343. The summed E-state index contributed by atoms with van der Waals surface area (Å²) in [4.78, 5) is 11.7. The van der Waals surface area contributed by atoms with Gasteiger partial charge in [0.05, 0.1) is 39.1 Å². The Hall–Kier alpha value is -2.89. The number of benzene rings is 2. The summed E-state index contributed by atoms with van der Waals surface area (Å²) in [6, 6.07) is 15.4. The van der Waals surface area contributed by atoms with Crippen LogP contribution < -0.4 is 4.74 Å². The average Bonchev–Trinajstić information content (AvgIpc) is 2.85. The number of allylic oxidation sites excluding steroid dienone is 3. The normalized spacial score (nSPS) is 15.0. The summed E-state index contributed by atoms with van der Waals surface area (Å²) in [7, 11) is 3.05. The van der Waals surface area contributed by atoms with E-state index in [9.17, 15) is 4.79 Å². The van der Waals surface area contributed by atoms with Crippen LogP contribution in [0.15, 0.2) is 72.3 Å². The fourth-order valence-corrected chi connectivity index (χ4v) is 3.62. The van der Waals surface area contributed by atoms with Crippen LogP contribution in [0, 0.1) is 0 Å². The molecule has 0 radical (unpaired) electrons. The molecule has 5 heteroatoms. The van der Waals surface area contributed by atoms with E-state index >= 15 is 0 Å². The Kier molecular flexibility index (Phi) is 9.08. The number of carbonyl (C=O) groups is 1. The van der Waals surface area contributed by atoms with Crippen LogP contribution in [0.5, 0.6) is 5.75 Å². The van der Waals surface area contributed by atoms with Crippen molar-refractivity contribution in [3.63, 3.8) is 0 Å². The number of rotatable bonds is 11. The van der Waals surface area contributed by atoms with Gasteiger partial charge in [-0.2, -0.15) is 0 Å². The van der Waals surface area contributed by atoms with Crippen molar-refractivity contribution in [3.8, 4) is 5.75 Å². The molecule has 0 spiro atoms. The van der Waals surface area contributed by atoms with E-state index in [1.54, 1.807) is 19.2 Å². The summed E-state index contributed by atoms with van der Waals surface area (Å²) in [5, 5.41) is 0. The number of carbonyl (C=O) groups excluding carboxylic acids is 1. The Morgan fingerprint density at radius 3 is 2.56 bits per heavy atom. The Morgan fingerprint density at radius 1 is 1.06 bits per heavy atom. The zero-order valence-electron chi connectivity index (χ0n) is 19.1. The van der Waals surface area contributed by atoms with Crippen LogP contribution in [0.25, 0.3) is 0 Å². The van der Waals surface area contributed by atoms with E-state index in [1.165, 1.54) is 12.7 Å². The third-order valence-corrected chi connectivity index (χ3v) is 5.49. The molecule has 0 saturated carbocycles. The third kappa shape index (κ3) is 6.81. The zero-order valence-corrected chi connectivity index (χ0v) is 19.1. The van der Waals surface area contributed by atoms with E-state index < -0.39 is 0 Å². The highest BCUT2D eigenvalue weighted by Crippen LogP contribution is 2.32. The molecule has 0 bridgehead atoms. The Labute approximate surface area is 190 Å². The summed E-state index contributed by atoms with van der Waals surface area (Å²) in [5.41, 5.74) is 3.88. The van der Waals surface area contributed by atoms with Crippen molar-refractivity contribution in [1.29, 1.82) is 0 Å². The number of methoxy groups -OCH3 is 2. The first-order valence-electron chi connectivity index (χ1n) is 11.0. The van der Waals surface area contributed by atoms with Crippen LogP contribution in [0.3, 0.4) is 0 Å². The molecule has 3 rings (SSSR count). The number of esters is 1. The van der Waals surface area contributed by atoms with Gasteiger partial charge in [0.15, 0.2) is 0 Å². The van der Waals surface area contributed by atoms with Gasteiger partial charge >= 0.3 is 5.97 Å². The fourth-order valence-electron chi connectivity index (χ4n) is 3.62. The number of hydrogen-bond donors (Lipinski definition) is 0. The highest BCUT2D eigenvalue weighted by atomic mass is 16.5. The molecule has 0 N–H and O–H groups in total. The lowest BCUT2D eigenvalue weighted by Gasteiger charge is -2.24. The molecule has 2 aromatic carbocycles. The van der Waals surface area contributed by atoms with Crippen molar-refractivity contribution in [2.24, 2.45) is 0 Å². The van der Waals surface area contributed by atoms with Crippen molar-refractivity contribution >= 4 is 5.97 Å². The van der Waals surface area contributed by atoms with Gasteiger partial charge in [-0.05, 0) is 67.2 Å². The van der Waals surface area contributed by atoms with Crippen LogP contribution in [-0.4, -0.2) is 32.9 Å². The van der Waals surface area contributed by atoms with Crippen LogP contribution in [-0.2, 0) is 20.8 Å². The van der Waals surface area contributed by atoms with E-state index in [-0.39, 0.29) is 18.2 Å². The maximum absolute atomic E-state index is 11.7. The molecule has 1 aliphatic carbocycles. The minimum Gasteiger partial charge on any atom is -0.497 e. The quantitative estimate of drug-likeness (QED) is 0.416. The summed E-state index contributed by atoms with van der Waals surface area (Å²) in [5.74, 6) is 0.494. The minimum absolute atomic E-state index is 0.0218. The molecule has 170 valence electrons. The monoisotopic (exact) mass is 436 g/mol. The predicted octanol–water partition coefficient (Wildman–Crippen LogP) is 5.81. The van der Waals surface area contributed by atoms with E-state index in [1.807, 2.05) is 31.2 Å². The highest BCUT2D eigenvalue weighted by Gasteiger charge is 2.19. The second-order valence-corrected chi connectivity index (χ2v) is 7.83. The summed E-state index contributed by atoms with van der Waals surface area (Å²) < 4.78 is 22.4. The van der Waals surface area contributed by atoms with E-state index in [0.717, 1.165) is 36.1 Å². The van der Waals surface area contributed by atoms with Gasteiger partial charge in [-0.25, -0.2) is 4.79 Å². The van der Waals surface area contributed by atoms with Gasteiger partial charge in [-0.3, -0.25) is 0 Å². The molecular weight excluding hydrogens is 404 g/mol. The van der Waals surface area contributed by atoms with Crippen LogP contribution >= 0.6 is 0 Å². The molecule has 2 atom stereocenters. The van der Waals surface area contributed by atoms with Gasteiger partial charge in [0.2, 0.25) is 0 Å². The lowest BCUT2D eigenvalue weighted by Crippen LogP contribution is -2.15. The van der Waals surface area contributed by atoms with Gasteiger partial charge in [0.1, 0.15) is 11.9 Å². The SMILES string of the molecule is COC(=O)c1cccc(COC(C)CCOC(C2=CC=CCC2)c2ccc(OC)cc2)c1. The lowest BCUT2D eigenvalue weighted by atomic mass is 9.94. The highest BCUT2D eigenvalue weighted by molar-refractivity contribution is 5.89. The number of hydrogen-bond acceptors (Lipinski definition) is 5. The molecular formula is C27H32O5. The Balaban J connectivity index is 1.54. The van der Waals surface area contributed by atoms with Gasteiger partial charge in [-0.1, -0.05) is 42.5 Å². The fraction of sp³-hybridized carbons (Fsp3) is 0.370. The standard InChI is InChI=1S/C27H32O5/c1-20(32-19-21-8-7-11-24(18-21)27(28)30-3)16-17-31-26(22-9-5-4-6-10-22)23-12-14-25(29-2)15-13-23/h4-5,7-9,11-15,18,20,26H,6,10,16-17,19H2,1-3H3. The Bertz CT molecular complexity index is 929. The van der Waals surface area contributed by atoms with Crippen molar-refractivity contribution in [3.05, 3.63) is 89.0 Å². The van der Waals surface area contributed by atoms with Gasteiger partial charge in [-0.15, -0.1) is 0 Å². The third-order valence-electron chi connectivity index (χ3n) is 5.49. The second kappa shape index (κ2) is 12.2. The molecule has 2 unspecified atom stereocenters. The second-order valence-electron chi connectivity index (χ2n) is 7.83. The molecule has 0 saturated heterocycles. The maximum Gasteiger partial charge on any atom is 0.337 e. The Morgan fingerprint density at radius 2 is 1.88 bits per heavy atom. The summed E-state index contributed by atoms with van der Waals surface area (Å²) in [6.07, 6.45) is 9.19. The van der Waals surface area contributed by atoms with Crippen molar-refractivity contribution in [1.82, 2.24) is 0 Å². The smallest absolute Gasteiger partial charge is 0.337 e. The number of ether oxygens (including phenoxy) is 4. The van der Waals surface area contributed by atoms with Crippen molar-refractivity contribution in [2.75, 3.05) is 20.8 Å². The van der Waals surface area contributed by atoms with Crippen LogP contribution in [0.4, 0.5) is 0 Å². The average molecular weight is 437 g/mol. The molecule has 0 heterocycles. The molecule has 2 aromatic rings. The van der Waals surface area contributed by atoms with E-state index in [2.05, 4.69) is 30.4 Å². The predicted molar refractivity (Wildman–Crippen MR) is 125 cm³/mol. The van der Waals surface area contributed by atoms with E-state index in [0.29, 0.717) is 18.8 Å².